The van der Waals surface area contributed by atoms with Gasteiger partial charge >= 0.3 is 0 Å². The summed E-state index contributed by atoms with van der Waals surface area (Å²) in [5.74, 6) is -0.854. The number of anilines is 1. The van der Waals surface area contributed by atoms with E-state index in [-0.39, 0.29) is 16.7 Å². The van der Waals surface area contributed by atoms with Crippen molar-refractivity contribution in [3.05, 3.63) is 94.1 Å². The maximum Gasteiger partial charge on any atom is 0.300 e. The third-order valence-electron chi connectivity index (χ3n) is 6.82. The molecule has 6 heteroatoms. The van der Waals surface area contributed by atoms with E-state index in [2.05, 4.69) is 20.8 Å². The highest BCUT2D eigenvalue weighted by Gasteiger charge is 2.48. The third kappa shape index (κ3) is 4.59. The van der Waals surface area contributed by atoms with Crippen LogP contribution >= 0.6 is 0 Å². The molecule has 0 aliphatic carbocycles. The summed E-state index contributed by atoms with van der Waals surface area (Å²) in [7, 11) is 3.05. The number of methoxy groups -OCH3 is 2. The number of ether oxygens (including phenoxy) is 2. The zero-order chi connectivity index (χ0) is 27.1. The van der Waals surface area contributed by atoms with Gasteiger partial charge in [-0.25, -0.2) is 0 Å². The Bertz CT molecular complexity index is 1410. The molecular weight excluding hydrogens is 466 g/mol. The molecule has 0 saturated carbocycles. The first-order valence-corrected chi connectivity index (χ1v) is 12.2. The number of aliphatic hydroxyl groups is 1. The van der Waals surface area contributed by atoms with E-state index in [1.54, 1.807) is 19.2 Å². The standard InChI is InChI=1S/C31H33NO5/c1-18-12-13-19(2)23(16-18)32-27(21-10-8-9-11-24(21)36-6)26(29(34)30(32)35)28(33)22-17-20(31(3,4)5)14-15-25(22)37-7/h8-17,27,33H,1-7H3/b28-26+. The minimum absolute atomic E-state index is 0.0141. The third-order valence-corrected chi connectivity index (χ3v) is 6.82. The summed E-state index contributed by atoms with van der Waals surface area (Å²) in [5, 5.41) is 11.8. The average Bonchev–Trinajstić information content (AvgIpc) is 3.13. The molecule has 1 unspecified atom stereocenters. The van der Waals surface area contributed by atoms with E-state index in [1.807, 2.05) is 62.4 Å². The molecule has 1 aliphatic rings. The fourth-order valence-corrected chi connectivity index (χ4v) is 4.75. The first kappa shape index (κ1) is 26.0. The van der Waals surface area contributed by atoms with Crippen molar-refractivity contribution in [3.8, 4) is 11.5 Å². The van der Waals surface area contributed by atoms with Gasteiger partial charge in [-0.05, 0) is 60.2 Å². The molecular formula is C31H33NO5. The summed E-state index contributed by atoms with van der Waals surface area (Å²) in [6, 6.07) is 17.6. The molecule has 0 aromatic heterocycles. The molecule has 3 aromatic carbocycles. The second-order valence-corrected chi connectivity index (χ2v) is 10.4. The van der Waals surface area contributed by atoms with Crippen molar-refractivity contribution >= 4 is 23.1 Å². The van der Waals surface area contributed by atoms with Gasteiger partial charge in [-0.15, -0.1) is 0 Å². The lowest BCUT2D eigenvalue weighted by Crippen LogP contribution is -2.30. The molecule has 3 aromatic rings. The van der Waals surface area contributed by atoms with Crippen molar-refractivity contribution in [2.45, 2.75) is 46.1 Å². The van der Waals surface area contributed by atoms with Crippen molar-refractivity contribution in [1.29, 1.82) is 0 Å². The molecule has 6 nitrogen and oxygen atoms in total. The van der Waals surface area contributed by atoms with Gasteiger partial charge in [0.05, 0.1) is 31.4 Å². The molecule has 4 rings (SSSR count). The minimum Gasteiger partial charge on any atom is -0.507 e. The van der Waals surface area contributed by atoms with E-state index in [1.165, 1.54) is 12.0 Å². The molecule has 37 heavy (non-hydrogen) atoms. The van der Waals surface area contributed by atoms with E-state index >= 15 is 0 Å². The highest BCUT2D eigenvalue weighted by molar-refractivity contribution is 6.52. The van der Waals surface area contributed by atoms with Crippen LogP contribution in [0.4, 0.5) is 5.69 Å². The number of amides is 1. The maximum atomic E-state index is 13.7. The highest BCUT2D eigenvalue weighted by Crippen LogP contribution is 2.46. The number of nitrogens with zero attached hydrogens (tertiary/aromatic N) is 1. The van der Waals surface area contributed by atoms with Crippen molar-refractivity contribution in [2.24, 2.45) is 0 Å². The molecule has 1 aliphatic heterocycles. The van der Waals surface area contributed by atoms with Gasteiger partial charge in [0, 0.05) is 11.3 Å². The van der Waals surface area contributed by atoms with Gasteiger partial charge in [0.15, 0.2) is 0 Å². The fraction of sp³-hybridized carbons (Fsp3) is 0.290. The van der Waals surface area contributed by atoms with Gasteiger partial charge in [-0.1, -0.05) is 57.2 Å². The number of hydrogen-bond donors (Lipinski definition) is 1. The fourth-order valence-electron chi connectivity index (χ4n) is 4.75. The predicted molar refractivity (Wildman–Crippen MR) is 145 cm³/mol. The van der Waals surface area contributed by atoms with Gasteiger partial charge in [0.2, 0.25) is 0 Å². The van der Waals surface area contributed by atoms with Gasteiger partial charge in [-0.3, -0.25) is 14.5 Å². The van der Waals surface area contributed by atoms with Crippen LogP contribution in [0.25, 0.3) is 5.76 Å². The summed E-state index contributed by atoms with van der Waals surface area (Å²) in [5.41, 5.74) is 4.06. The van der Waals surface area contributed by atoms with Crippen LogP contribution in [0.2, 0.25) is 0 Å². The lowest BCUT2D eigenvalue weighted by molar-refractivity contribution is -0.132. The molecule has 0 bridgehead atoms. The summed E-state index contributed by atoms with van der Waals surface area (Å²) in [6.07, 6.45) is 0. The van der Waals surface area contributed by atoms with Gasteiger partial charge in [-0.2, -0.15) is 0 Å². The van der Waals surface area contributed by atoms with Crippen LogP contribution in [0.5, 0.6) is 11.5 Å². The predicted octanol–water partition coefficient (Wildman–Crippen LogP) is 6.24. The Kier molecular flexibility index (Phi) is 6.87. The van der Waals surface area contributed by atoms with E-state index < -0.39 is 17.7 Å². The number of aryl methyl sites for hydroxylation is 2. The van der Waals surface area contributed by atoms with Crippen molar-refractivity contribution in [1.82, 2.24) is 0 Å². The number of carbonyl (C=O) groups is 2. The zero-order valence-corrected chi connectivity index (χ0v) is 22.4. The lowest BCUT2D eigenvalue weighted by atomic mass is 9.85. The molecule has 0 radical (unpaired) electrons. The number of Topliss-reactive ketones (excluding diaryl/α,β-unsaturated/α-hetero) is 1. The van der Waals surface area contributed by atoms with Crippen LogP contribution in [0.1, 0.15) is 54.6 Å². The van der Waals surface area contributed by atoms with Crippen molar-refractivity contribution in [3.63, 3.8) is 0 Å². The van der Waals surface area contributed by atoms with E-state index in [4.69, 9.17) is 9.47 Å². The largest absolute Gasteiger partial charge is 0.507 e. The van der Waals surface area contributed by atoms with Crippen LogP contribution in [0, 0.1) is 13.8 Å². The smallest absolute Gasteiger partial charge is 0.300 e. The zero-order valence-electron chi connectivity index (χ0n) is 22.4. The number of benzene rings is 3. The molecule has 1 saturated heterocycles. The average molecular weight is 500 g/mol. The van der Waals surface area contributed by atoms with Gasteiger partial charge < -0.3 is 14.6 Å². The first-order chi connectivity index (χ1) is 17.5. The van der Waals surface area contributed by atoms with Crippen LogP contribution in [0.3, 0.4) is 0 Å². The Morgan fingerprint density at radius 3 is 2.22 bits per heavy atom. The number of para-hydroxylation sites is 1. The molecule has 1 N–H and O–H groups in total. The number of aliphatic hydroxyl groups excluding tert-OH is 1. The summed E-state index contributed by atoms with van der Waals surface area (Å²) in [6.45, 7) is 10.0. The van der Waals surface area contributed by atoms with Crippen LogP contribution in [-0.4, -0.2) is 31.0 Å². The molecule has 1 heterocycles. The summed E-state index contributed by atoms with van der Waals surface area (Å²) < 4.78 is 11.2. The van der Waals surface area contributed by atoms with E-state index in [0.717, 1.165) is 16.7 Å². The number of carbonyl (C=O) groups excluding carboxylic acids is 2. The second kappa shape index (κ2) is 9.77. The molecule has 0 spiro atoms. The maximum absolute atomic E-state index is 13.7. The molecule has 1 fully saturated rings. The van der Waals surface area contributed by atoms with Gasteiger partial charge in [0.1, 0.15) is 17.3 Å². The summed E-state index contributed by atoms with van der Waals surface area (Å²) in [4.78, 5) is 28.8. The number of rotatable bonds is 5. The van der Waals surface area contributed by atoms with E-state index in [9.17, 15) is 14.7 Å². The Balaban J connectivity index is 2.06. The normalized spacial score (nSPS) is 17.3. The monoisotopic (exact) mass is 499 g/mol. The Morgan fingerprint density at radius 2 is 1.57 bits per heavy atom. The lowest BCUT2D eigenvalue weighted by Gasteiger charge is -2.28. The molecule has 1 amide bonds. The molecule has 192 valence electrons. The van der Waals surface area contributed by atoms with Crippen molar-refractivity contribution in [2.75, 3.05) is 19.1 Å². The number of ketones is 1. The first-order valence-electron chi connectivity index (χ1n) is 12.2. The highest BCUT2D eigenvalue weighted by atomic mass is 16.5. The Morgan fingerprint density at radius 1 is 0.892 bits per heavy atom. The quantitative estimate of drug-likeness (QED) is 0.255. The SMILES string of the molecule is COc1ccc(C(C)(C)C)cc1/C(O)=C1\C(=O)C(=O)N(c2cc(C)ccc2C)C1c1ccccc1OC. The topological polar surface area (TPSA) is 76.1 Å². The Hall–Kier alpha value is -4.06. The van der Waals surface area contributed by atoms with Crippen LogP contribution in [-0.2, 0) is 15.0 Å². The van der Waals surface area contributed by atoms with Crippen LogP contribution < -0.4 is 14.4 Å². The Labute approximate surface area is 218 Å². The van der Waals surface area contributed by atoms with Crippen molar-refractivity contribution < 1.29 is 24.2 Å². The minimum atomic E-state index is -0.903. The second-order valence-electron chi connectivity index (χ2n) is 10.4. The van der Waals surface area contributed by atoms with Crippen LogP contribution in [0.15, 0.2) is 66.2 Å². The number of hydrogen-bond acceptors (Lipinski definition) is 5. The molecule has 1 atom stereocenters. The summed E-state index contributed by atoms with van der Waals surface area (Å²) >= 11 is 0. The van der Waals surface area contributed by atoms with Gasteiger partial charge in [0.25, 0.3) is 11.7 Å². The van der Waals surface area contributed by atoms with E-state index in [0.29, 0.717) is 28.3 Å².